The van der Waals surface area contributed by atoms with E-state index in [1.54, 1.807) is 12.1 Å². The van der Waals surface area contributed by atoms with E-state index in [1.807, 2.05) is 62.4 Å². The Morgan fingerprint density at radius 1 is 0.724 bits per heavy atom. The lowest BCUT2D eigenvalue weighted by atomic mass is 10.0. The Kier molecular flexibility index (Phi) is 6.80. The molecule has 0 aliphatic heterocycles. The van der Waals surface area contributed by atoms with Crippen LogP contribution in [0.1, 0.15) is 42.2 Å². The molecule has 0 heterocycles. The molecule has 3 rings (SSSR count). The summed E-state index contributed by atoms with van der Waals surface area (Å²) < 4.78 is 0. The molecule has 3 aromatic carbocycles. The van der Waals surface area contributed by atoms with Crippen molar-refractivity contribution in [1.82, 2.24) is 10.6 Å². The minimum Gasteiger partial charge on any atom is -0.350 e. The summed E-state index contributed by atoms with van der Waals surface area (Å²) in [6.45, 7) is 3.79. The predicted molar refractivity (Wildman–Crippen MR) is 116 cm³/mol. The van der Waals surface area contributed by atoms with Gasteiger partial charge in [0.1, 0.15) is 0 Å². The Hall–Kier alpha value is -3.40. The molecule has 2 amide bonds. The third-order valence-electron chi connectivity index (χ3n) is 4.80. The number of amides is 2. The number of hydrogen-bond donors (Lipinski definition) is 2. The molecule has 29 heavy (non-hydrogen) atoms. The Morgan fingerprint density at radius 2 is 1.28 bits per heavy atom. The van der Waals surface area contributed by atoms with E-state index in [-0.39, 0.29) is 30.3 Å². The van der Waals surface area contributed by atoms with Gasteiger partial charge in [0.2, 0.25) is 5.91 Å². The second-order valence-corrected chi connectivity index (χ2v) is 7.22. The van der Waals surface area contributed by atoms with Crippen molar-refractivity contribution in [2.75, 3.05) is 0 Å². The molecule has 3 aromatic rings. The van der Waals surface area contributed by atoms with Crippen LogP contribution in [0.5, 0.6) is 0 Å². The topological polar surface area (TPSA) is 58.2 Å². The Balaban J connectivity index is 1.51. The molecule has 2 unspecified atom stereocenters. The van der Waals surface area contributed by atoms with Crippen LogP contribution in [0.3, 0.4) is 0 Å². The monoisotopic (exact) mass is 386 g/mol. The Morgan fingerprint density at radius 3 is 1.90 bits per heavy atom. The average Bonchev–Trinajstić information content (AvgIpc) is 2.74. The lowest BCUT2D eigenvalue weighted by Crippen LogP contribution is -2.37. The third-order valence-corrected chi connectivity index (χ3v) is 4.80. The number of hydrogen-bond acceptors (Lipinski definition) is 2. The van der Waals surface area contributed by atoms with Crippen LogP contribution in [0.4, 0.5) is 0 Å². The van der Waals surface area contributed by atoms with E-state index in [2.05, 4.69) is 34.9 Å². The molecule has 4 nitrogen and oxygen atoms in total. The highest BCUT2D eigenvalue weighted by atomic mass is 16.2. The molecule has 2 N–H and O–H groups in total. The van der Waals surface area contributed by atoms with Crippen LogP contribution in [-0.2, 0) is 4.79 Å². The van der Waals surface area contributed by atoms with Gasteiger partial charge < -0.3 is 10.6 Å². The summed E-state index contributed by atoms with van der Waals surface area (Å²) >= 11 is 0. The average molecular weight is 386 g/mol. The van der Waals surface area contributed by atoms with Gasteiger partial charge in [0, 0.05) is 18.0 Å². The van der Waals surface area contributed by atoms with Gasteiger partial charge in [0.25, 0.3) is 5.91 Å². The summed E-state index contributed by atoms with van der Waals surface area (Å²) in [4.78, 5) is 24.6. The van der Waals surface area contributed by atoms with Crippen molar-refractivity contribution in [2.24, 2.45) is 0 Å². The molecule has 0 aliphatic rings. The second kappa shape index (κ2) is 9.69. The van der Waals surface area contributed by atoms with Gasteiger partial charge in [-0.3, -0.25) is 9.59 Å². The summed E-state index contributed by atoms with van der Waals surface area (Å²) in [6, 6.07) is 27.0. The zero-order valence-electron chi connectivity index (χ0n) is 16.8. The van der Waals surface area contributed by atoms with Gasteiger partial charge in [-0.15, -0.1) is 0 Å². The normalized spacial score (nSPS) is 12.6. The van der Waals surface area contributed by atoms with Crippen LogP contribution in [-0.4, -0.2) is 17.9 Å². The molecule has 0 radical (unpaired) electrons. The summed E-state index contributed by atoms with van der Waals surface area (Å²) in [5.74, 6) is -0.263. The molecule has 0 saturated heterocycles. The largest absolute Gasteiger partial charge is 0.350 e. The van der Waals surface area contributed by atoms with Gasteiger partial charge in [-0.05, 0) is 42.7 Å². The molecular formula is C25H26N2O2. The van der Waals surface area contributed by atoms with Gasteiger partial charge in [-0.25, -0.2) is 0 Å². The molecule has 0 saturated carbocycles. The summed E-state index contributed by atoms with van der Waals surface area (Å²) in [6.07, 6.45) is 0.227. The van der Waals surface area contributed by atoms with Crippen LogP contribution < -0.4 is 10.6 Å². The Bertz CT molecular complexity index is 938. The zero-order chi connectivity index (χ0) is 20.6. The van der Waals surface area contributed by atoms with Crippen molar-refractivity contribution >= 4 is 11.8 Å². The number of rotatable bonds is 7. The quantitative estimate of drug-likeness (QED) is 0.616. The maximum atomic E-state index is 12.4. The zero-order valence-corrected chi connectivity index (χ0v) is 16.8. The predicted octanol–water partition coefficient (Wildman–Crippen LogP) is 4.74. The van der Waals surface area contributed by atoms with Crippen molar-refractivity contribution in [3.05, 3.63) is 96.1 Å². The summed E-state index contributed by atoms with van der Waals surface area (Å²) in [7, 11) is 0. The second-order valence-electron chi connectivity index (χ2n) is 7.22. The van der Waals surface area contributed by atoms with E-state index in [9.17, 15) is 9.59 Å². The van der Waals surface area contributed by atoms with E-state index in [0.29, 0.717) is 5.56 Å². The lowest BCUT2D eigenvalue weighted by Gasteiger charge is -2.18. The minimum atomic E-state index is -0.254. The number of nitrogens with one attached hydrogen (secondary N) is 2. The highest BCUT2D eigenvalue weighted by molar-refractivity contribution is 5.94. The van der Waals surface area contributed by atoms with Crippen LogP contribution >= 0.6 is 0 Å². The van der Waals surface area contributed by atoms with Crippen molar-refractivity contribution < 1.29 is 9.59 Å². The first-order valence-corrected chi connectivity index (χ1v) is 9.83. The molecule has 0 bridgehead atoms. The summed E-state index contributed by atoms with van der Waals surface area (Å²) in [5.41, 5.74) is 3.94. The molecule has 4 heteroatoms. The highest BCUT2D eigenvalue weighted by Crippen LogP contribution is 2.21. The van der Waals surface area contributed by atoms with Gasteiger partial charge in [-0.1, -0.05) is 72.8 Å². The van der Waals surface area contributed by atoms with Crippen molar-refractivity contribution in [3.63, 3.8) is 0 Å². The molecule has 2 atom stereocenters. The maximum Gasteiger partial charge on any atom is 0.251 e. The summed E-state index contributed by atoms with van der Waals surface area (Å²) in [5, 5.41) is 5.88. The third kappa shape index (κ3) is 5.79. The molecule has 0 fully saturated rings. The van der Waals surface area contributed by atoms with Gasteiger partial charge in [0.05, 0.1) is 6.04 Å². The van der Waals surface area contributed by atoms with Crippen LogP contribution in [0, 0.1) is 0 Å². The van der Waals surface area contributed by atoms with E-state index in [4.69, 9.17) is 0 Å². The lowest BCUT2D eigenvalue weighted by molar-refractivity contribution is -0.122. The highest BCUT2D eigenvalue weighted by Gasteiger charge is 2.15. The first-order chi connectivity index (χ1) is 14.0. The molecule has 0 aromatic heterocycles. The van der Waals surface area contributed by atoms with E-state index >= 15 is 0 Å². The number of benzene rings is 3. The standard InChI is InChI=1S/C25H26N2O2/c1-18(26-25(29)23-11-7-4-8-12-23)17-24(28)27-19(2)20-13-15-22(16-14-20)21-9-5-3-6-10-21/h3-16,18-19H,17H2,1-2H3,(H,26,29)(H,27,28). The number of carbonyl (C=O) groups is 2. The van der Waals surface area contributed by atoms with Crippen molar-refractivity contribution in [3.8, 4) is 11.1 Å². The minimum absolute atomic E-state index is 0.0921. The molecule has 148 valence electrons. The van der Waals surface area contributed by atoms with Gasteiger partial charge >= 0.3 is 0 Å². The fraction of sp³-hybridized carbons (Fsp3) is 0.200. The van der Waals surface area contributed by atoms with Crippen molar-refractivity contribution in [2.45, 2.75) is 32.4 Å². The van der Waals surface area contributed by atoms with Gasteiger partial charge in [0.15, 0.2) is 0 Å². The number of carbonyl (C=O) groups excluding carboxylic acids is 2. The van der Waals surface area contributed by atoms with E-state index < -0.39 is 0 Å². The first kappa shape index (κ1) is 20.3. The molecule has 0 spiro atoms. The SMILES string of the molecule is CC(CC(=O)NC(C)c1ccc(-c2ccccc2)cc1)NC(=O)c1ccccc1. The van der Waals surface area contributed by atoms with Crippen LogP contribution in [0.2, 0.25) is 0 Å². The van der Waals surface area contributed by atoms with Crippen LogP contribution in [0.15, 0.2) is 84.9 Å². The van der Waals surface area contributed by atoms with Crippen molar-refractivity contribution in [1.29, 1.82) is 0 Å². The fourth-order valence-electron chi connectivity index (χ4n) is 3.20. The van der Waals surface area contributed by atoms with Crippen LogP contribution in [0.25, 0.3) is 11.1 Å². The van der Waals surface area contributed by atoms with Gasteiger partial charge in [-0.2, -0.15) is 0 Å². The van der Waals surface area contributed by atoms with E-state index in [1.165, 1.54) is 5.56 Å². The molecule has 0 aliphatic carbocycles. The maximum absolute atomic E-state index is 12.4. The first-order valence-electron chi connectivity index (χ1n) is 9.83. The Labute approximate surface area is 172 Å². The smallest absolute Gasteiger partial charge is 0.251 e. The fourth-order valence-corrected chi connectivity index (χ4v) is 3.20. The molecular weight excluding hydrogens is 360 g/mol. The van der Waals surface area contributed by atoms with E-state index in [0.717, 1.165) is 11.1 Å².